The van der Waals surface area contributed by atoms with Crippen LogP contribution in [0.5, 0.6) is 0 Å². The monoisotopic (exact) mass is 342 g/mol. The Balaban J connectivity index is 1.46. The Hall–Kier alpha value is -1.82. The standard InChI is InChI=1S/C20H27FN4/c1-16(20(22)19-8-7-18(21)13-23-19)14-24-9-11-25(12-10-24)15-17-5-3-2-4-6-17/h2-8,13,16,20H,9-12,14-15,22H2,1H3. The topological polar surface area (TPSA) is 45.4 Å². The van der Waals surface area contributed by atoms with Crippen LogP contribution in [0.4, 0.5) is 4.39 Å². The van der Waals surface area contributed by atoms with E-state index in [4.69, 9.17) is 5.73 Å². The lowest BCUT2D eigenvalue weighted by molar-refractivity contribution is 0.111. The van der Waals surface area contributed by atoms with E-state index >= 15 is 0 Å². The molecular weight excluding hydrogens is 315 g/mol. The van der Waals surface area contributed by atoms with Crippen LogP contribution in [-0.4, -0.2) is 47.5 Å². The number of benzene rings is 1. The largest absolute Gasteiger partial charge is 0.322 e. The van der Waals surface area contributed by atoms with E-state index in [1.165, 1.54) is 17.8 Å². The van der Waals surface area contributed by atoms with E-state index in [1.807, 2.05) is 0 Å². The molecule has 2 aromatic rings. The predicted octanol–water partition coefficient (Wildman–Crippen LogP) is 2.67. The van der Waals surface area contributed by atoms with Crippen LogP contribution in [0.15, 0.2) is 48.7 Å². The first-order valence-corrected chi connectivity index (χ1v) is 8.97. The van der Waals surface area contributed by atoms with Gasteiger partial charge in [-0.2, -0.15) is 0 Å². The molecule has 2 N–H and O–H groups in total. The molecule has 25 heavy (non-hydrogen) atoms. The molecule has 0 spiro atoms. The van der Waals surface area contributed by atoms with Gasteiger partial charge in [0, 0.05) is 39.3 Å². The van der Waals surface area contributed by atoms with E-state index in [0.29, 0.717) is 0 Å². The average molecular weight is 342 g/mol. The SMILES string of the molecule is CC(CN1CCN(Cc2ccccc2)CC1)C(N)c1ccc(F)cn1. The first kappa shape index (κ1) is 18.0. The molecule has 1 aromatic heterocycles. The van der Waals surface area contributed by atoms with Gasteiger partial charge in [-0.15, -0.1) is 0 Å². The fraction of sp³-hybridized carbons (Fsp3) is 0.450. The van der Waals surface area contributed by atoms with Gasteiger partial charge in [-0.25, -0.2) is 4.39 Å². The van der Waals surface area contributed by atoms with Crippen LogP contribution < -0.4 is 5.73 Å². The molecular formula is C20H27FN4. The summed E-state index contributed by atoms with van der Waals surface area (Å²) in [5.41, 5.74) is 8.44. The molecule has 1 aliphatic rings. The number of nitrogens with zero attached hydrogens (tertiary/aromatic N) is 3. The second kappa shape index (κ2) is 8.52. The summed E-state index contributed by atoms with van der Waals surface area (Å²) in [5.74, 6) is -0.0447. The maximum atomic E-state index is 13.0. The molecule has 5 heteroatoms. The highest BCUT2D eigenvalue weighted by Crippen LogP contribution is 2.19. The summed E-state index contributed by atoms with van der Waals surface area (Å²) >= 11 is 0. The lowest BCUT2D eigenvalue weighted by Crippen LogP contribution is -2.47. The summed E-state index contributed by atoms with van der Waals surface area (Å²) in [4.78, 5) is 9.09. The van der Waals surface area contributed by atoms with Crippen molar-refractivity contribution in [1.82, 2.24) is 14.8 Å². The average Bonchev–Trinajstić information content (AvgIpc) is 2.64. The minimum atomic E-state index is -0.321. The number of rotatable bonds is 6. The molecule has 1 aliphatic heterocycles. The first-order chi connectivity index (χ1) is 12.1. The molecule has 0 bridgehead atoms. The van der Waals surface area contributed by atoms with Crippen LogP contribution >= 0.6 is 0 Å². The third-order valence-electron chi connectivity index (χ3n) is 4.96. The second-order valence-electron chi connectivity index (χ2n) is 6.97. The van der Waals surface area contributed by atoms with E-state index in [2.05, 4.69) is 52.0 Å². The fourth-order valence-corrected chi connectivity index (χ4v) is 3.37. The number of nitrogens with two attached hydrogens (primary N) is 1. The zero-order valence-electron chi connectivity index (χ0n) is 14.8. The Morgan fingerprint density at radius 2 is 1.72 bits per heavy atom. The molecule has 134 valence electrons. The smallest absolute Gasteiger partial charge is 0.141 e. The Kier molecular flexibility index (Phi) is 6.13. The molecule has 0 saturated carbocycles. The van der Waals surface area contributed by atoms with Crippen molar-refractivity contribution >= 4 is 0 Å². The fourth-order valence-electron chi connectivity index (χ4n) is 3.37. The summed E-state index contributed by atoms with van der Waals surface area (Å²) in [6.07, 6.45) is 1.24. The van der Waals surface area contributed by atoms with Crippen LogP contribution in [0.25, 0.3) is 0 Å². The van der Waals surface area contributed by atoms with E-state index < -0.39 is 0 Å². The number of piperazine rings is 1. The molecule has 1 aromatic carbocycles. The van der Waals surface area contributed by atoms with Crippen molar-refractivity contribution in [2.75, 3.05) is 32.7 Å². The van der Waals surface area contributed by atoms with Gasteiger partial charge in [0.1, 0.15) is 5.82 Å². The number of aromatic nitrogens is 1. The maximum absolute atomic E-state index is 13.0. The van der Waals surface area contributed by atoms with Crippen LogP contribution in [0, 0.1) is 11.7 Å². The van der Waals surface area contributed by atoms with Crippen LogP contribution in [-0.2, 0) is 6.54 Å². The van der Waals surface area contributed by atoms with Crippen molar-refractivity contribution < 1.29 is 4.39 Å². The summed E-state index contributed by atoms with van der Waals surface area (Å²) in [6, 6.07) is 13.6. The van der Waals surface area contributed by atoms with Crippen molar-refractivity contribution in [3.05, 3.63) is 65.7 Å². The van der Waals surface area contributed by atoms with E-state index in [0.717, 1.165) is 45.0 Å². The Morgan fingerprint density at radius 1 is 1.04 bits per heavy atom. The zero-order chi connectivity index (χ0) is 17.6. The van der Waals surface area contributed by atoms with Gasteiger partial charge in [-0.1, -0.05) is 37.3 Å². The van der Waals surface area contributed by atoms with Gasteiger partial charge in [-0.05, 0) is 23.6 Å². The number of pyridine rings is 1. The van der Waals surface area contributed by atoms with Gasteiger partial charge >= 0.3 is 0 Å². The molecule has 2 heterocycles. The van der Waals surface area contributed by atoms with Crippen LogP contribution in [0.3, 0.4) is 0 Å². The maximum Gasteiger partial charge on any atom is 0.141 e. The van der Waals surface area contributed by atoms with Crippen molar-refractivity contribution in [2.45, 2.75) is 19.5 Å². The minimum absolute atomic E-state index is 0.164. The van der Waals surface area contributed by atoms with Gasteiger partial charge in [-0.3, -0.25) is 9.88 Å². The molecule has 1 saturated heterocycles. The lowest BCUT2D eigenvalue weighted by atomic mass is 9.98. The Labute approximate surface area is 149 Å². The molecule has 0 radical (unpaired) electrons. The highest BCUT2D eigenvalue weighted by molar-refractivity contribution is 5.14. The van der Waals surface area contributed by atoms with Crippen LogP contribution in [0.1, 0.15) is 24.2 Å². The molecule has 2 unspecified atom stereocenters. The summed E-state index contributed by atoms with van der Waals surface area (Å²) < 4.78 is 13.0. The lowest BCUT2D eigenvalue weighted by Gasteiger charge is -2.36. The van der Waals surface area contributed by atoms with E-state index in [9.17, 15) is 4.39 Å². The Morgan fingerprint density at radius 3 is 2.36 bits per heavy atom. The normalized spacial score (nSPS) is 18.8. The van der Waals surface area contributed by atoms with Gasteiger partial charge in [0.2, 0.25) is 0 Å². The molecule has 4 nitrogen and oxygen atoms in total. The van der Waals surface area contributed by atoms with E-state index in [1.54, 1.807) is 6.07 Å². The zero-order valence-corrected chi connectivity index (χ0v) is 14.8. The summed E-state index contributed by atoms with van der Waals surface area (Å²) in [5, 5.41) is 0. The van der Waals surface area contributed by atoms with Crippen LogP contribution in [0.2, 0.25) is 0 Å². The van der Waals surface area contributed by atoms with Crippen molar-refractivity contribution in [3.8, 4) is 0 Å². The van der Waals surface area contributed by atoms with Crippen molar-refractivity contribution in [1.29, 1.82) is 0 Å². The third-order valence-corrected chi connectivity index (χ3v) is 4.96. The molecule has 2 atom stereocenters. The highest BCUT2D eigenvalue weighted by atomic mass is 19.1. The summed E-state index contributed by atoms with van der Waals surface area (Å²) in [7, 11) is 0. The quantitative estimate of drug-likeness (QED) is 0.877. The van der Waals surface area contributed by atoms with Gasteiger partial charge in [0.25, 0.3) is 0 Å². The first-order valence-electron chi connectivity index (χ1n) is 8.97. The van der Waals surface area contributed by atoms with Gasteiger partial charge < -0.3 is 10.6 Å². The molecule has 3 rings (SSSR count). The number of hydrogen-bond acceptors (Lipinski definition) is 4. The minimum Gasteiger partial charge on any atom is -0.322 e. The van der Waals surface area contributed by atoms with E-state index in [-0.39, 0.29) is 17.8 Å². The second-order valence-corrected chi connectivity index (χ2v) is 6.97. The van der Waals surface area contributed by atoms with Crippen molar-refractivity contribution in [2.24, 2.45) is 11.7 Å². The predicted molar refractivity (Wildman–Crippen MR) is 98.4 cm³/mol. The number of halogens is 1. The Bertz CT molecular complexity index is 639. The van der Waals surface area contributed by atoms with Gasteiger partial charge in [0.15, 0.2) is 0 Å². The van der Waals surface area contributed by atoms with Gasteiger partial charge in [0.05, 0.1) is 17.9 Å². The van der Waals surface area contributed by atoms with Crippen molar-refractivity contribution in [3.63, 3.8) is 0 Å². The number of hydrogen-bond donors (Lipinski definition) is 1. The summed E-state index contributed by atoms with van der Waals surface area (Å²) in [6.45, 7) is 8.37. The molecule has 1 fully saturated rings. The molecule has 0 aliphatic carbocycles. The molecule has 0 amide bonds. The highest BCUT2D eigenvalue weighted by Gasteiger charge is 2.22. The third kappa shape index (κ3) is 5.08.